The fraction of sp³-hybridized carbons (Fsp3) is 0. The van der Waals surface area contributed by atoms with Crippen molar-refractivity contribution >= 4 is 31.8 Å². The van der Waals surface area contributed by atoms with Crippen LogP contribution >= 0.6 is 0 Å². The molecule has 2 heterocycles. The molecule has 5 heteroatoms. The molecule has 0 aliphatic rings. The van der Waals surface area contributed by atoms with Crippen LogP contribution in [0.25, 0.3) is 21.8 Å². The highest BCUT2D eigenvalue weighted by atomic mass is 32.2. The molecule has 0 radical (unpaired) electrons. The van der Waals surface area contributed by atoms with Gasteiger partial charge in [0.05, 0.1) is 22.1 Å². The van der Waals surface area contributed by atoms with Crippen molar-refractivity contribution in [3.05, 3.63) is 73.1 Å². The second kappa shape index (κ2) is 4.68. The van der Waals surface area contributed by atoms with E-state index in [9.17, 15) is 8.42 Å². The minimum Gasteiger partial charge on any atom is -0.262 e. The highest BCUT2D eigenvalue weighted by molar-refractivity contribution is 7.90. The molecule has 2 aromatic carbocycles. The lowest BCUT2D eigenvalue weighted by Gasteiger charge is -2.08. The molecular weight excluding hydrogens is 296 g/mol. The molecule has 2 aromatic heterocycles. The van der Waals surface area contributed by atoms with E-state index >= 15 is 0 Å². The molecule has 4 aromatic rings. The first-order valence-electron chi connectivity index (χ1n) is 6.83. The largest absolute Gasteiger partial charge is 0.268 e. The average molecular weight is 308 g/mol. The van der Waals surface area contributed by atoms with Crippen molar-refractivity contribution in [1.82, 2.24) is 8.96 Å². The van der Waals surface area contributed by atoms with Crippen molar-refractivity contribution in [1.29, 1.82) is 0 Å². The van der Waals surface area contributed by atoms with Crippen molar-refractivity contribution in [2.75, 3.05) is 0 Å². The van der Waals surface area contributed by atoms with Gasteiger partial charge in [-0.1, -0.05) is 36.4 Å². The lowest BCUT2D eigenvalue weighted by Crippen LogP contribution is -2.12. The summed E-state index contributed by atoms with van der Waals surface area (Å²) in [6, 6.07) is 17.8. The molecule has 0 saturated carbocycles. The first kappa shape index (κ1) is 13.0. The van der Waals surface area contributed by atoms with Gasteiger partial charge in [0.25, 0.3) is 10.0 Å². The molecule has 0 spiro atoms. The van der Waals surface area contributed by atoms with Gasteiger partial charge in [-0.2, -0.15) is 0 Å². The third-order valence-corrected chi connectivity index (χ3v) is 5.46. The van der Waals surface area contributed by atoms with E-state index in [4.69, 9.17) is 0 Å². The van der Waals surface area contributed by atoms with Gasteiger partial charge in [0.15, 0.2) is 0 Å². The Kier molecular flexibility index (Phi) is 2.77. The summed E-state index contributed by atoms with van der Waals surface area (Å²) in [6.45, 7) is 0. The number of benzene rings is 2. The minimum absolute atomic E-state index is 0.265. The van der Waals surface area contributed by atoms with Crippen molar-refractivity contribution in [2.45, 2.75) is 4.90 Å². The van der Waals surface area contributed by atoms with Gasteiger partial charge >= 0.3 is 0 Å². The van der Waals surface area contributed by atoms with Gasteiger partial charge in [0.2, 0.25) is 0 Å². The molecule has 0 bridgehead atoms. The molecule has 0 aliphatic heterocycles. The van der Waals surface area contributed by atoms with Gasteiger partial charge in [-0.25, -0.2) is 12.4 Å². The van der Waals surface area contributed by atoms with Crippen molar-refractivity contribution in [3.63, 3.8) is 0 Å². The fourth-order valence-corrected chi connectivity index (χ4v) is 4.28. The summed E-state index contributed by atoms with van der Waals surface area (Å²) >= 11 is 0. The summed E-state index contributed by atoms with van der Waals surface area (Å²) < 4.78 is 27.5. The summed E-state index contributed by atoms with van der Waals surface area (Å²) in [5, 5.41) is 1.78. The number of hydrogen-bond acceptors (Lipinski definition) is 3. The van der Waals surface area contributed by atoms with Gasteiger partial charge in [-0.05, 0) is 24.3 Å². The monoisotopic (exact) mass is 308 g/mol. The zero-order chi connectivity index (χ0) is 15.2. The van der Waals surface area contributed by atoms with Gasteiger partial charge < -0.3 is 0 Å². The quantitative estimate of drug-likeness (QED) is 0.570. The SMILES string of the molecule is O=S(=O)(c1ccccc1)n1c2ccccc2c2ccncc21. The summed E-state index contributed by atoms with van der Waals surface area (Å²) in [6.07, 6.45) is 3.27. The fourth-order valence-electron chi connectivity index (χ4n) is 2.74. The van der Waals surface area contributed by atoms with Crippen LogP contribution in [0.15, 0.2) is 78.0 Å². The molecule has 108 valence electrons. The molecule has 0 saturated heterocycles. The smallest absolute Gasteiger partial charge is 0.262 e. The Bertz CT molecular complexity index is 1030. The Morgan fingerprint density at radius 2 is 1.45 bits per heavy atom. The predicted molar refractivity (Wildman–Crippen MR) is 86.3 cm³/mol. The molecule has 4 nitrogen and oxygen atoms in total. The van der Waals surface area contributed by atoms with Crippen molar-refractivity contribution < 1.29 is 8.42 Å². The summed E-state index contributed by atoms with van der Waals surface area (Å²) in [4.78, 5) is 4.36. The van der Waals surface area contributed by atoms with Crippen LogP contribution in [0.1, 0.15) is 0 Å². The number of hydrogen-bond donors (Lipinski definition) is 0. The maximum Gasteiger partial charge on any atom is 0.268 e. The first-order valence-corrected chi connectivity index (χ1v) is 8.27. The Hall–Kier alpha value is -2.66. The molecule has 0 amide bonds. The van der Waals surface area contributed by atoms with Crippen LogP contribution in [0.5, 0.6) is 0 Å². The van der Waals surface area contributed by atoms with E-state index in [0.717, 1.165) is 10.8 Å². The molecule has 0 atom stereocenters. The van der Waals surface area contributed by atoms with E-state index in [-0.39, 0.29) is 4.90 Å². The number of pyridine rings is 1. The second-order valence-corrected chi connectivity index (χ2v) is 6.78. The number of para-hydroxylation sites is 1. The zero-order valence-electron chi connectivity index (χ0n) is 11.5. The van der Waals surface area contributed by atoms with Crippen LogP contribution in [0.4, 0.5) is 0 Å². The molecular formula is C17H12N2O2S. The van der Waals surface area contributed by atoms with Gasteiger partial charge in [0.1, 0.15) is 0 Å². The number of rotatable bonds is 2. The third kappa shape index (κ3) is 1.76. The zero-order valence-corrected chi connectivity index (χ0v) is 12.4. The first-order chi connectivity index (χ1) is 10.7. The van der Waals surface area contributed by atoms with Crippen LogP contribution in [0, 0.1) is 0 Å². The Morgan fingerprint density at radius 1 is 0.773 bits per heavy atom. The molecule has 0 unspecified atom stereocenters. The number of fused-ring (bicyclic) bond motifs is 3. The minimum atomic E-state index is -3.67. The summed E-state index contributed by atoms with van der Waals surface area (Å²) in [7, 11) is -3.67. The van der Waals surface area contributed by atoms with Crippen molar-refractivity contribution in [3.8, 4) is 0 Å². The van der Waals surface area contributed by atoms with Gasteiger partial charge in [-0.15, -0.1) is 0 Å². The molecule has 0 fully saturated rings. The van der Waals surface area contributed by atoms with Crippen LogP contribution in [-0.2, 0) is 10.0 Å². The van der Waals surface area contributed by atoms with Crippen LogP contribution in [0.3, 0.4) is 0 Å². The normalized spacial score (nSPS) is 12.0. The molecule has 22 heavy (non-hydrogen) atoms. The highest BCUT2D eigenvalue weighted by Crippen LogP contribution is 2.31. The van der Waals surface area contributed by atoms with Gasteiger partial charge in [0, 0.05) is 17.0 Å². The van der Waals surface area contributed by atoms with E-state index < -0.39 is 10.0 Å². The third-order valence-electron chi connectivity index (χ3n) is 3.71. The van der Waals surface area contributed by atoms with E-state index in [2.05, 4.69) is 4.98 Å². The lowest BCUT2D eigenvalue weighted by atomic mass is 10.2. The molecule has 0 aliphatic carbocycles. The Labute approximate surface area is 127 Å². The van der Waals surface area contributed by atoms with Crippen LogP contribution < -0.4 is 0 Å². The average Bonchev–Trinajstić information content (AvgIpc) is 2.91. The molecule has 0 N–H and O–H groups in total. The van der Waals surface area contributed by atoms with E-state index in [1.165, 1.54) is 3.97 Å². The van der Waals surface area contributed by atoms with Gasteiger partial charge in [-0.3, -0.25) is 4.98 Å². The maximum atomic E-state index is 13.1. The van der Waals surface area contributed by atoms with E-state index in [1.807, 2.05) is 30.3 Å². The second-order valence-electron chi connectivity index (χ2n) is 4.99. The van der Waals surface area contributed by atoms with Crippen LogP contribution in [-0.4, -0.2) is 17.4 Å². The topological polar surface area (TPSA) is 52.0 Å². The summed E-state index contributed by atoms with van der Waals surface area (Å²) in [5.74, 6) is 0. The lowest BCUT2D eigenvalue weighted by molar-refractivity contribution is 0.590. The standard InChI is InChI=1S/C17H12N2O2S/c20-22(21,13-6-2-1-3-7-13)19-16-9-5-4-8-14(16)15-10-11-18-12-17(15)19/h1-12H. The molecule has 4 rings (SSSR count). The Balaban J connectivity index is 2.18. The van der Waals surface area contributed by atoms with Crippen molar-refractivity contribution in [2.24, 2.45) is 0 Å². The summed E-state index contributed by atoms with van der Waals surface area (Å²) in [5.41, 5.74) is 1.25. The predicted octanol–water partition coefficient (Wildman–Crippen LogP) is 3.43. The van der Waals surface area contributed by atoms with E-state index in [1.54, 1.807) is 42.7 Å². The number of aromatic nitrogens is 2. The highest BCUT2D eigenvalue weighted by Gasteiger charge is 2.22. The maximum absolute atomic E-state index is 13.1. The van der Waals surface area contributed by atoms with Crippen LogP contribution in [0.2, 0.25) is 0 Å². The van der Waals surface area contributed by atoms with E-state index in [0.29, 0.717) is 11.0 Å². The Morgan fingerprint density at radius 3 is 2.27 bits per heavy atom. The number of nitrogens with zero attached hydrogens (tertiary/aromatic N) is 2.